The van der Waals surface area contributed by atoms with Crippen LogP contribution in [0.2, 0.25) is 0 Å². The molecule has 20 atom stereocenters. The third kappa shape index (κ3) is 23.2. The summed E-state index contributed by atoms with van der Waals surface area (Å²) >= 11 is 0. The van der Waals surface area contributed by atoms with E-state index in [0.717, 1.165) is 51.7 Å². The summed E-state index contributed by atoms with van der Waals surface area (Å²) in [5.41, 5.74) is 26.3. The van der Waals surface area contributed by atoms with Gasteiger partial charge in [0, 0.05) is 30.6 Å². The lowest BCUT2D eigenvalue weighted by Gasteiger charge is -2.51. The minimum Gasteiger partial charge on any atom is -0.497 e. The predicted molar refractivity (Wildman–Crippen MR) is 396 cm³/mol. The Labute approximate surface area is 652 Å². The number of benzene rings is 7. The van der Waals surface area contributed by atoms with Gasteiger partial charge >= 0.3 is 29.8 Å². The molecule has 7 aromatic rings. The SMILES string of the molecule is COC(=O)C1O[C@H](OC(C)=O)C(OC(C)=O)[C@H](OCc2ccccc2)[C@@H]1O[C@H]1OC(COCc2ccccc2)[C@@H](O[C@@H]2OC(C(=O)OC)[C@@H](O[C@H]3OC(COCc4ccccc4)[C@H](OCc4ccc(OC)cc4)[C@@H](OCc4ccccc4)C3N=[N+]=[N-])[C@@H](OCc3ccccc3)C2OC(C)=O)[C@@H](OCc2ccccc2)C1N=[N+]=[N-]. The fraction of sp³-hybridized carbons (Fsp3) is 0.427. The van der Waals surface area contributed by atoms with Gasteiger partial charge in [-0.25, -0.2) is 9.59 Å². The Hall–Kier alpha value is -10.2. The maximum atomic E-state index is 15.1. The molecule has 0 radical (unpaired) electrons. The molecule has 0 aromatic heterocycles. The molecule has 0 saturated carbocycles. The number of carbonyl (C=O) groups is 5. The molecule has 4 heterocycles. The molecule has 31 nitrogen and oxygen atoms in total. The van der Waals surface area contributed by atoms with E-state index in [1.807, 2.05) is 103 Å². The van der Waals surface area contributed by atoms with E-state index >= 15 is 4.79 Å². The molecule has 0 bridgehead atoms. The van der Waals surface area contributed by atoms with Crippen LogP contribution < -0.4 is 4.74 Å². The Morgan fingerprint density at radius 1 is 0.336 bits per heavy atom. The van der Waals surface area contributed by atoms with Crippen molar-refractivity contribution in [3.63, 3.8) is 0 Å². The van der Waals surface area contributed by atoms with Crippen molar-refractivity contribution in [1.82, 2.24) is 0 Å². The molecule has 598 valence electrons. The largest absolute Gasteiger partial charge is 0.497 e. The monoisotopic (exact) mass is 1560 g/mol. The van der Waals surface area contributed by atoms with Gasteiger partial charge in [0.05, 0.1) is 80.8 Å². The van der Waals surface area contributed by atoms with Gasteiger partial charge in [0.15, 0.2) is 43.3 Å². The number of hydrogen-bond acceptors (Lipinski definition) is 27. The Morgan fingerprint density at radius 2 is 0.646 bits per heavy atom. The van der Waals surface area contributed by atoms with Crippen molar-refractivity contribution in [1.29, 1.82) is 0 Å². The smallest absolute Gasteiger partial charge is 0.338 e. The third-order valence-corrected chi connectivity index (χ3v) is 18.7. The standard InChI is InChI=1S/C82H90N6O25/c1-50(89)104-75-69(102-45-57-33-21-11-22-34-57)71(73(77(92)95-5)112-81(75)106-52(3)91)111-80-64(86-88-84)68(101-44-56-31-19-10-20-32-56)66(62(108-80)49-98-42-54-27-15-8-16-28-54)109-82-76(105-51(2)90)70(103-46-58-35-23-12-24-36-58)72(74(113-82)78(93)96-6)110-79-63(85-87-83)67(100-43-55-29-17-9-18-30-55)65(99-47-59-37-39-60(94-4)40-38-59)61(107-79)48-97-41-53-25-13-7-14-26-53/h7-40,61-76,79-82H,41-49H2,1-6H3/t61?,62?,63?,64?,65-,66+,67-,68-,69+,70+,71-,72-,73?,74?,75?,76?,79+,80+,81-,82+/m0/s1. The molecule has 0 amide bonds. The highest BCUT2D eigenvalue weighted by Crippen LogP contribution is 2.41. The van der Waals surface area contributed by atoms with Crippen LogP contribution in [0, 0.1) is 0 Å². The second-order valence-electron chi connectivity index (χ2n) is 26.6. The van der Waals surface area contributed by atoms with Crippen molar-refractivity contribution >= 4 is 29.8 Å². The van der Waals surface area contributed by atoms with Gasteiger partial charge in [-0.2, -0.15) is 0 Å². The van der Waals surface area contributed by atoms with Gasteiger partial charge in [-0.15, -0.1) is 0 Å². The number of methoxy groups -OCH3 is 3. The number of esters is 5. The number of rotatable bonds is 37. The van der Waals surface area contributed by atoms with E-state index in [-0.39, 0.29) is 52.9 Å². The van der Waals surface area contributed by atoms with Crippen LogP contribution in [0.5, 0.6) is 5.75 Å². The third-order valence-electron chi connectivity index (χ3n) is 18.7. The van der Waals surface area contributed by atoms with Gasteiger partial charge in [0.25, 0.3) is 0 Å². The Kier molecular flexibility index (Phi) is 31.5. The molecule has 8 unspecified atom stereocenters. The second kappa shape index (κ2) is 42.6. The van der Waals surface area contributed by atoms with E-state index in [1.165, 1.54) is 0 Å². The van der Waals surface area contributed by atoms with Crippen LogP contribution in [0.1, 0.15) is 59.7 Å². The summed E-state index contributed by atoms with van der Waals surface area (Å²) < 4.78 is 130. The minimum atomic E-state index is -1.98. The van der Waals surface area contributed by atoms with Gasteiger partial charge in [-0.05, 0) is 62.1 Å². The van der Waals surface area contributed by atoms with Crippen LogP contribution >= 0.6 is 0 Å². The molecule has 4 saturated heterocycles. The highest BCUT2D eigenvalue weighted by Gasteiger charge is 2.61. The first kappa shape index (κ1) is 83.7. The zero-order valence-electron chi connectivity index (χ0n) is 62.9. The van der Waals surface area contributed by atoms with Gasteiger partial charge in [0.1, 0.15) is 78.9 Å². The first-order chi connectivity index (χ1) is 55.1. The highest BCUT2D eigenvalue weighted by atomic mass is 16.8. The summed E-state index contributed by atoms with van der Waals surface area (Å²) in [5, 5.41) is 8.60. The minimum absolute atomic E-state index is 0.0104. The maximum Gasteiger partial charge on any atom is 0.338 e. The van der Waals surface area contributed by atoms with E-state index < -0.39 is 159 Å². The number of carbonyl (C=O) groups excluding carboxylic acids is 5. The lowest BCUT2D eigenvalue weighted by molar-refractivity contribution is -0.377. The summed E-state index contributed by atoms with van der Waals surface area (Å²) in [6, 6.07) is 58.3. The summed E-state index contributed by atoms with van der Waals surface area (Å²) in [4.78, 5) is 76.2. The van der Waals surface area contributed by atoms with E-state index in [1.54, 1.807) is 110 Å². The van der Waals surface area contributed by atoms with E-state index in [9.17, 15) is 30.2 Å². The lowest BCUT2D eigenvalue weighted by Crippen LogP contribution is -2.69. The second-order valence-corrected chi connectivity index (χ2v) is 26.6. The van der Waals surface area contributed by atoms with Crippen molar-refractivity contribution in [2.75, 3.05) is 34.5 Å². The zero-order valence-corrected chi connectivity index (χ0v) is 62.9. The first-order valence-corrected chi connectivity index (χ1v) is 36.6. The quantitative estimate of drug-likeness (QED) is 0.0115. The molecule has 11 rings (SSSR count). The molecule has 7 aromatic carbocycles. The topological polar surface area (TPSA) is 367 Å². The van der Waals surface area contributed by atoms with Crippen molar-refractivity contribution in [3.8, 4) is 5.75 Å². The average Bonchev–Trinajstić information content (AvgIpc) is 0.745. The normalized spacial score (nSPS) is 27.4. The van der Waals surface area contributed by atoms with Crippen LogP contribution in [0.4, 0.5) is 0 Å². The van der Waals surface area contributed by atoms with Crippen molar-refractivity contribution in [2.24, 2.45) is 10.2 Å². The molecular weight excluding hydrogens is 1470 g/mol. The first-order valence-electron chi connectivity index (χ1n) is 36.6. The number of hydrogen-bond donors (Lipinski definition) is 0. The maximum absolute atomic E-state index is 15.1. The van der Waals surface area contributed by atoms with Gasteiger partial charge in [-0.1, -0.05) is 204 Å². The van der Waals surface area contributed by atoms with Gasteiger partial charge in [0.2, 0.25) is 6.29 Å². The van der Waals surface area contributed by atoms with Crippen LogP contribution in [0.25, 0.3) is 20.9 Å². The summed E-state index contributed by atoms with van der Waals surface area (Å²) in [6.07, 6.45) is -29.7. The zero-order chi connectivity index (χ0) is 79.4. The van der Waals surface area contributed by atoms with Crippen LogP contribution in [0.3, 0.4) is 0 Å². The molecule has 0 spiro atoms. The van der Waals surface area contributed by atoms with E-state index in [0.29, 0.717) is 28.0 Å². The molecule has 4 aliphatic heterocycles. The molecule has 0 N–H and O–H groups in total. The fourth-order valence-electron chi connectivity index (χ4n) is 13.5. The molecule has 113 heavy (non-hydrogen) atoms. The Bertz CT molecular complexity index is 4220. The van der Waals surface area contributed by atoms with Crippen molar-refractivity contribution < 1.29 is 119 Å². The van der Waals surface area contributed by atoms with Crippen LogP contribution in [-0.2, 0) is 160 Å². The van der Waals surface area contributed by atoms with Crippen molar-refractivity contribution in [2.45, 2.75) is 190 Å². The lowest BCUT2D eigenvalue weighted by atomic mass is 9.93. The number of nitrogens with zero attached hydrogens (tertiary/aromatic N) is 6. The molecule has 4 fully saturated rings. The average molecular weight is 1560 g/mol. The predicted octanol–water partition coefficient (Wildman–Crippen LogP) is 10.5. The fourth-order valence-corrected chi connectivity index (χ4v) is 13.5. The van der Waals surface area contributed by atoms with Crippen LogP contribution in [0.15, 0.2) is 216 Å². The molecule has 4 aliphatic rings. The molecular formula is C82H90N6O25. The van der Waals surface area contributed by atoms with Crippen molar-refractivity contribution in [3.05, 3.63) is 266 Å². The highest BCUT2D eigenvalue weighted by molar-refractivity contribution is 5.76. The van der Waals surface area contributed by atoms with Gasteiger partial charge < -0.3 is 94.7 Å². The number of azide groups is 2. The Balaban J connectivity index is 1.02. The van der Waals surface area contributed by atoms with Crippen LogP contribution in [-0.4, -0.2) is 187 Å². The summed E-state index contributed by atoms with van der Waals surface area (Å²) in [6.45, 7) is 1.97. The van der Waals surface area contributed by atoms with E-state index in [2.05, 4.69) is 20.1 Å². The van der Waals surface area contributed by atoms with E-state index in [4.69, 9.17) is 94.7 Å². The molecule has 31 heteroatoms. The van der Waals surface area contributed by atoms with Gasteiger partial charge in [-0.3, -0.25) is 14.4 Å². The summed E-state index contributed by atoms with van der Waals surface area (Å²) in [7, 11) is 3.73. The number of ether oxygens (including phenoxy) is 20. The summed E-state index contributed by atoms with van der Waals surface area (Å²) in [5.74, 6) is -4.24. The Morgan fingerprint density at radius 3 is 1.00 bits per heavy atom. The molecule has 0 aliphatic carbocycles.